The van der Waals surface area contributed by atoms with E-state index in [1.165, 1.54) is 0 Å². The Labute approximate surface area is 100 Å². The molecule has 1 aromatic heterocycles. The van der Waals surface area contributed by atoms with Crippen LogP contribution in [-0.4, -0.2) is 9.67 Å². The Balaban J connectivity index is 2.85. The first-order chi connectivity index (χ1) is 7.45. The number of hydrogen-bond acceptors (Lipinski definition) is 1. The summed E-state index contributed by atoms with van der Waals surface area (Å²) in [6.45, 7) is 6.51. The van der Waals surface area contributed by atoms with Gasteiger partial charge >= 0.3 is 0 Å². The molecule has 0 amide bonds. The fourth-order valence-corrected chi connectivity index (χ4v) is 2.31. The van der Waals surface area contributed by atoms with Crippen LogP contribution < -0.4 is 0 Å². The van der Waals surface area contributed by atoms with Gasteiger partial charge in [-0.1, -0.05) is 17.7 Å². The highest BCUT2D eigenvalue weighted by molar-refractivity contribution is 6.35. The van der Waals surface area contributed by atoms with E-state index in [1.54, 1.807) is 13.8 Å². The lowest BCUT2D eigenvalue weighted by molar-refractivity contribution is 0.0800. The molecule has 0 spiro atoms. The monoisotopic (exact) mass is 237 g/mol. The van der Waals surface area contributed by atoms with Crippen molar-refractivity contribution in [1.29, 1.82) is 0 Å². The second-order valence-electron chi connectivity index (χ2n) is 4.52. The molecule has 1 heterocycles. The maximum Gasteiger partial charge on any atom is 0.0861 e. The fraction of sp³-hybridized carbons (Fsp3) is 0.385. The van der Waals surface area contributed by atoms with E-state index in [1.807, 2.05) is 24.4 Å². The molecule has 0 unspecified atom stereocenters. The van der Waals surface area contributed by atoms with E-state index in [2.05, 4.69) is 11.5 Å². The van der Waals surface area contributed by atoms with Gasteiger partial charge in [0.25, 0.3) is 0 Å². The first-order valence-corrected chi connectivity index (χ1v) is 5.83. The molecule has 16 heavy (non-hydrogen) atoms. The molecule has 2 rings (SSSR count). The summed E-state index contributed by atoms with van der Waals surface area (Å²) in [5, 5.41) is 11.8. The zero-order chi connectivity index (χ0) is 11.9. The van der Waals surface area contributed by atoms with E-state index in [0.29, 0.717) is 5.02 Å². The number of benzene rings is 1. The summed E-state index contributed by atoms with van der Waals surface area (Å²) in [5.74, 6) is 0. The SMILES string of the molecule is CCn1cc(C(C)(C)O)c2c(Cl)cccc21. The van der Waals surface area contributed by atoms with Gasteiger partial charge in [0.2, 0.25) is 0 Å². The van der Waals surface area contributed by atoms with Crippen LogP contribution in [0.1, 0.15) is 26.3 Å². The molecule has 3 heteroatoms. The minimum absolute atomic E-state index is 0.696. The molecule has 0 fully saturated rings. The molecule has 0 aliphatic carbocycles. The molecule has 0 aliphatic rings. The molecule has 86 valence electrons. The van der Waals surface area contributed by atoms with Crippen molar-refractivity contribution in [1.82, 2.24) is 4.57 Å². The van der Waals surface area contributed by atoms with E-state index >= 15 is 0 Å². The molecule has 1 N–H and O–H groups in total. The molecule has 0 saturated heterocycles. The van der Waals surface area contributed by atoms with Crippen molar-refractivity contribution in [2.75, 3.05) is 0 Å². The van der Waals surface area contributed by atoms with Gasteiger partial charge in [0.1, 0.15) is 0 Å². The predicted octanol–water partition coefficient (Wildman–Crippen LogP) is 3.54. The van der Waals surface area contributed by atoms with Crippen molar-refractivity contribution in [3.05, 3.63) is 35.0 Å². The summed E-state index contributed by atoms with van der Waals surface area (Å²) >= 11 is 6.21. The molecule has 0 atom stereocenters. The van der Waals surface area contributed by atoms with Crippen molar-refractivity contribution in [3.8, 4) is 0 Å². The van der Waals surface area contributed by atoms with Crippen LogP contribution in [0.2, 0.25) is 5.02 Å². The van der Waals surface area contributed by atoms with Gasteiger partial charge in [-0.05, 0) is 32.9 Å². The molecular formula is C13H16ClNO. The van der Waals surface area contributed by atoms with Crippen LogP contribution in [-0.2, 0) is 12.1 Å². The number of fused-ring (bicyclic) bond motifs is 1. The van der Waals surface area contributed by atoms with Gasteiger partial charge in [-0.15, -0.1) is 0 Å². The van der Waals surface area contributed by atoms with Crippen molar-refractivity contribution < 1.29 is 5.11 Å². The molecule has 0 radical (unpaired) electrons. The summed E-state index contributed by atoms with van der Waals surface area (Å²) in [6, 6.07) is 5.82. The Morgan fingerprint density at radius 2 is 2.06 bits per heavy atom. The molecule has 0 aliphatic heterocycles. The van der Waals surface area contributed by atoms with Crippen LogP contribution >= 0.6 is 11.6 Å². The van der Waals surface area contributed by atoms with E-state index in [0.717, 1.165) is 23.0 Å². The lowest BCUT2D eigenvalue weighted by Gasteiger charge is -2.16. The molecular weight excluding hydrogens is 222 g/mol. The highest BCUT2D eigenvalue weighted by Crippen LogP contribution is 2.34. The van der Waals surface area contributed by atoms with Crippen molar-refractivity contribution in [2.45, 2.75) is 32.9 Å². The van der Waals surface area contributed by atoms with E-state index in [4.69, 9.17) is 11.6 Å². The van der Waals surface area contributed by atoms with Crippen molar-refractivity contribution >= 4 is 22.5 Å². The number of halogens is 1. The topological polar surface area (TPSA) is 25.2 Å². The van der Waals surface area contributed by atoms with Gasteiger partial charge in [0, 0.05) is 29.2 Å². The zero-order valence-electron chi connectivity index (χ0n) is 9.79. The fourth-order valence-electron chi connectivity index (χ4n) is 2.03. The average Bonchev–Trinajstić information content (AvgIpc) is 2.57. The molecule has 0 bridgehead atoms. The Morgan fingerprint density at radius 1 is 1.38 bits per heavy atom. The largest absolute Gasteiger partial charge is 0.386 e. The van der Waals surface area contributed by atoms with Gasteiger partial charge in [-0.3, -0.25) is 0 Å². The summed E-state index contributed by atoms with van der Waals surface area (Å²) < 4.78 is 2.11. The molecule has 2 aromatic rings. The summed E-state index contributed by atoms with van der Waals surface area (Å²) in [5.41, 5.74) is 1.09. The van der Waals surface area contributed by atoms with Gasteiger partial charge in [-0.2, -0.15) is 0 Å². The van der Waals surface area contributed by atoms with E-state index < -0.39 is 5.60 Å². The maximum atomic E-state index is 10.1. The summed E-state index contributed by atoms with van der Waals surface area (Å²) in [4.78, 5) is 0. The first-order valence-electron chi connectivity index (χ1n) is 5.45. The number of aromatic nitrogens is 1. The highest BCUT2D eigenvalue weighted by atomic mass is 35.5. The number of aryl methyl sites for hydroxylation is 1. The smallest absolute Gasteiger partial charge is 0.0861 e. The molecule has 1 aromatic carbocycles. The minimum Gasteiger partial charge on any atom is -0.386 e. The standard InChI is InChI=1S/C13H16ClNO/c1-4-15-8-9(13(2,3)16)12-10(14)6-5-7-11(12)15/h5-8,16H,4H2,1-3H3. The number of nitrogens with zero attached hydrogens (tertiary/aromatic N) is 1. The third kappa shape index (κ3) is 1.72. The second kappa shape index (κ2) is 3.79. The first kappa shape index (κ1) is 11.5. The summed E-state index contributed by atoms with van der Waals surface area (Å²) in [7, 11) is 0. The van der Waals surface area contributed by atoms with E-state index in [-0.39, 0.29) is 0 Å². The van der Waals surface area contributed by atoms with Gasteiger partial charge in [-0.25, -0.2) is 0 Å². The zero-order valence-corrected chi connectivity index (χ0v) is 10.5. The quantitative estimate of drug-likeness (QED) is 0.849. The third-order valence-corrected chi connectivity index (χ3v) is 3.17. The second-order valence-corrected chi connectivity index (χ2v) is 4.93. The molecule has 2 nitrogen and oxygen atoms in total. The van der Waals surface area contributed by atoms with Crippen molar-refractivity contribution in [2.24, 2.45) is 0 Å². The van der Waals surface area contributed by atoms with Gasteiger partial charge < -0.3 is 9.67 Å². The Kier molecular flexibility index (Phi) is 2.72. The van der Waals surface area contributed by atoms with Crippen molar-refractivity contribution in [3.63, 3.8) is 0 Å². The maximum absolute atomic E-state index is 10.1. The van der Waals surface area contributed by atoms with Crippen LogP contribution in [0.4, 0.5) is 0 Å². The third-order valence-electron chi connectivity index (χ3n) is 2.86. The van der Waals surface area contributed by atoms with E-state index in [9.17, 15) is 5.11 Å². The predicted molar refractivity (Wildman–Crippen MR) is 67.9 cm³/mol. The Bertz CT molecular complexity index is 522. The summed E-state index contributed by atoms with van der Waals surface area (Å²) in [6.07, 6.45) is 1.98. The lowest BCUT2D eigenvalue weighted by Crippen LogP contribution is -2.14. The number of aliphatic hydroxyl groups is 1. The number of rotatable bonds is 2. The lowest BCUT2D eigenvalue weighted by atomic mass is 9.98. The highest BCUT2D eigenvalue weighted by Gasteiger charge is 2.23. The minimum atomic E-state index is -0.871. The normalized spacial score (nSPS) is 12.3. The van der Waals surface area contributed by atoms with Gasteiger partial charge in [0.05, 0.1) is 10.6 Å². The van der Waals surface area contributed by atoms with Crippen LogP contribution in [0.25, 0.3) is 10.9 Å². The number of hydrogen-bond donors (Lipinski definition) is 1. The van der Waals surface area contributed by atoms with Gasteiger partial charge in [0.15, 0.2) is 0 Å². The Hall–Kier alpha value is -0.990. The van der Waals surface area contributed by atoms with Crippen LogP contribution in [0, 0.1) is 0 Å². The Morgan fingerprint density at radius 3 is 2.62 bits per heavy atom. The average molecular weight is 238 g/mol. The molecule has 0 saturated carbocycles. The van der Waals surface area contributed by atoms with Crippen LogP contribution in [0.5, 0.6) is 0 Å². The van der Waals surface area contributed by atoms with Crippen LogP contribution in [0.15, 0.2) is 24.4 Å². The van der Waals surface area contributed by atoms with Crippen LogP contribution in [0.3, 0.4) is 0 Å².